The SMILES string of the molecule is CC(NC(=O)CSCc1cc(=O)n2ccsc2n1)C12CC3CC(CC(C3)C1)C2. The molecule has 0 radical (unpaired) electrons. The standard InChI is InChI=1S/C21H27N3O2S2/c1-13(21-8-14-4-15(9-21)6-16(5-14)10-21)22-18(25)12-27-11-17-7-19(26)24-2-3-28-20(24)23-17/h2-3,7,13-16H,4-6,8-12H2,1H3,(H,22,25). The van der Waals surface area contributed by atoms with Crippen LogP contribution in [0, 0.1) is 23.2 Å². The Kier molecular flexibility index (Phi) is 4.78. The number of rotatable bonds is 6. The van der Waals surface area contributed by atoms with Gasteiger partial charge in [-0.25, -0.2) is 4.98 Å². The van der Waals surface area contributed by atoms with Crippen molar-refractivity contribution in [1.29, 1.82) is 0 Å². The molecule has 1 amide bonds. The molecule has 1 N–H and O–H groups in total. The van der Waals surface area contributed by atoms with Gasteiger partial charge in [0.05, 0.1) is 11.4 Å². The van der Waals surface area contributed by atoms with Crippen LogP contribution < -0.4 is 10.9 Å². The maximum atomic E-state index is 12.6. The van der Waals surface area contributed by atoms with E-state index in [1.165, 1.54) is 61.6 Å². The van der Waals surface area contributed by atoms with E-state index >= 15 is 0 Å². The summed E-state index contributed by atoms with van der Waals surface area (Å²) < 4.78 is 1.55. The summed E-state index contributed by atoms with van der Waals surface area (Å²) in [6.45, 7) is 2.23. The first-order chi connectivity index (χ1) is 13.5. The highest BCUT2D eigenvalue weighted by molar-refractivity contribution is 7.99. The molecule has 4 fully saturated rings. The van der Waals surface area contributed by atoms with Gasteiger partial charge in [0.15, 0.2) is 4.96 Å². The van der Waals surface area contributed by atoms with E-state index in [9.17, 15) is 9.59 Å². The first-order valence-corrected chi connectivity index (χ1v) is 12.4. The molecule has 5 nitrogen and oxygen atoms in total. The second-order valence-electron chi connectivity index (χ2n) is 9.20. The van der Waals surface area contributed by atoms with Crippen molar-refractivity contribution in [2.45, 2.75) is 57.2 Å². The molecule has 28 heavy (non-hydrogen) atoms. The fourth-order valence-corrected chi connectivity index (χ4v) is 7.82. The van der Waals surface area contributed by atoms with Crippen molar-refractivity contribution in [1.82, 2.24) is 14.7 Å². The Morgan fingerprint density at radius 3 is 2.68 bits per heavy atom. The van der Waals surface area contributed by atoms with Crippen LogP contribution in [-0.2, 0) is 10.5 Å². The molecule has 1 atom stereocenters. The summed E-state index contributed by atoms with van der Waals surface area (Å²) in [6.07, 6.45) is 9.95. The summed E-state index contributed by atoms with van der Waals surface area (Å²) in [5.41, 5.74) is 1.04. The number of fused-ring (bicyclic) bond motifs is 1. The Morgan fingerprint density at radius 2 is 2.00 bits per heavy atom. The molecule has 4 saturated carbocycles. The molecule has 2 aromatic heterocycles. The fourth-order valence-electron chi connectivity index (χ4n) is 6.35. The summed E-state index contributed by atoms with van der Waals surface area (Å²) in [4.78, 5) is 29.8. The lowest BCUT2D eigenvalue weighted by molar-refractivity contribution is -0.123. The number of thioether (sulfide) groups is 1. The van der Waals surface area contributed by atoms with Gasteiger partial charge >= 0.3 is 0 Å². The van der Waals surface area contributed by atoms with Crippen LogP contribution in [0.15, 0.2) is 22.4 Å². The molecule has 0 saturated heterocycles. The molecule has 2 heterocycles. The molecule has 0 spiro atoms. The van der Waals surface area contributed by atoms with Crippen molar-refractivity contribution in [3.8, 4) is 0 Å². The maximum absolute atomic E-state index is 12.6. The first kappa shape index (κ1) is 18.7. The Morgan fingerprint density at radius 1 is 1.32 bits per heavy atom. The van der Waals surface area contributed by atoms with E-state index < -0.39 is 0 Å². The van der Waals surface area contributed by atoms with Gasteiger partial charge in [0.1, 0.15) is 0 Å². The Labute approximate surface area is 173 Å². The van der Waals surface area contributed by atoms with Gasteiger partial charge in [-0.1, -0.05) is 0 Å². The van der Waals surface area contributed by atoms with Gasteiger partial charge < -0.3 is 5.32 Å². The molecule has 0 aromatic carbocycles. The van der Waals surface area contributed by atoms with Gasteiger partial charge in [-0.2, -0.15) is 0 Å². The van der Waals surface area contributed by atoms with Gasteiger partial charge in [0.25, 0.3) is 5.56 Å². The highest BCUT2D eigenvalue weighted by Gasteiger charge is 2.53. The second kappa shape index (κ2) is 7.17. The van der Waals surface area contributed by atoms with Gasteiger partial charge in [-0.3, -0.25) is 14.0 Å². The van der Waals surface area contributed by atoms with Gasteiger partial charge in [0, 0.05) is 29.4 Å². The monoisotopic (exact) mass is 417 g/mol. The lowest BCUT2D eigenvalue weighted by atomic mass is 9.48. The average molecular weight is 418 g/mol. The lowest BCUT2D eigenvalue weighted by Gasteiger charge is -2.59. The number of hydrogen-bond donors (Lipinski definition) is 1. The van der Waals surface area contributed by atoms with E-state index in [0.717, 1.165) is 23.4 Å². The molecule has 2 aromatic rings. The second-order valence-corrected chi connectivity index (χ2v) is 11.1. The Bertz CT molecular complexity index is 915. The predicted octanol–water partition coefficient (Wildman–Crippen LogP) is 3.71. The molecule has 4 aliphatic carbocycles. The van der Waals surface area contributed by atoms with Crippen molar-refractivity contribution >= 4 is 34.0 Å². The number of hydrogen-bond acceptors (Lipinski definition) is 5. The topological polar surface area (TPSA) is 63.5 Å². The fraction of sp³-hybridized carbons (Fsp3) is 0.667. The van der Waals surface area contributed by atoms with E-state index in [1.807, 2.05) is 5.38 Å². The zero-order valence-corrected chi connectivity index (χ0v) is 17.9. The average Bonchev–Trinajstić information content (AvgIpc) is 3.09. The van der Waals surface area contributed by atoms with E-state index in [-0.39, 0.29) is 17.5 Å². The van der Waals surface area contributed by atoms with Gasteiger partial charge in [-0.15, -0.1) is 23.1 Å². The molecule has 150 valence electrons. The van der Waals surface area contributed by atoms with Crippen LogP contribution in [0.5, 0.6) is 0 Å². The molecular weight excluding hydrogens is 390 g/mol. The smallest absolute Gasteiger partial charge is 0.258 e. The van der Waals surface area contributed by atoms with Crippen LogP contribution in [-0.4, -0.2) is 27.1 Å². The normalized spacial score (nSPS) is 32.0. The van der Waals surface area contributed by atoms with Crippen LogP contribution >= 0.6 is 23.1 Å². The van der Waals surface area contributed by atoms with Gasteiger partial charge in [0.2, 0.25) is 5.91 Å². The number of nitrogens with one attached hydrogen (secondary N) is 1. The summed E-state index contributed by atoms with van der Waals surface area (Å²) in [5.74, 6) is 3.82. The minimum atomic E-state index is -0.0539. The number of carbonyl (C=O) groups excluding carboxylic acids is 1. The van der Waals surface area contributed by atoms with Crippen LogP contribution in [0.3, 0.4) is 0 Å². The predicted molar refractivity (Wildman–Crippen MR) is 114 cm³/mol. The number of carbonyl (C=O) groups is 1. The molecule has 6 rings (SSSR count). The Hall–Kier alpha value is -1.34. The van der Waals surface area contributed by atoms with Crippen molar-refractivity contribution in [2.24, 2.45) is 23.2 Å². The molecule has 0 aliphatic heterocycles. The lowest BCUT2D eigenvalue weighted by Crippen LogP contribution is -2.56. The molecule has 4 bridgehead atoms. The minimum Gasteiger partial charge on any atom is -0.352 e. The van der Waals surface area contributed by atoms with E-state index in [1.54, 1.807) is 16.7 Å². The summed E-state index contributed by atoms with van der Waals surface area (Å²) in [7, 11) is 0. The zero-order valence-electron chi connectivity index (χ0n) is 16.2. The van der Waals surface area contributed by atoms with E-state index in [4.69, 9.17) is 0 Å². The minimum absolute atomic E-state index is 0.0539. The molecular formula is C21H27N3O2S2. The van der Waals surface area contributed by atoms with Crippen molar-refractivity contribution < 1.29 is 4.79 Å². The first-order valence-electron chi connectivity index (χ1n) is 10.3. The zero-order chi connectivity index (χ0) is 19.3. The molecule has 1 unspecified atom stereocenters. The van der Waals surface area contributed by atoms with Gasteiger partial charge in [-0.05, 0) is 68.6 Å². The number of nitrogens with zero attached hydrogens (tertiary/aromatic N) is 2. The third-order valence-corrected chi connectivity index (χ3v) is 8.94. The van der Waals surface area contributed by atoms with Crippen molar-refractivity contribution in [3.05, 3.63) is 33.7 Å². The maximum Gasteiger partial charge on any atom is 0.258 e. The highest BCUT2D eigenvalue weighted by Crippen LogP contribution is 2.61. The largest absolute Gasteiger partial charge is 0.352 e. The highest BCUT2D eigenvalue weighted by atomic mass is 32.2. The van der Waals surface area contributed by atoms with Crippen LogP contribution in [0.1, 0.15) is 51.1 Å². The van der Waals surface area contributed by atoms with Crippen LogP contribution in [0.4, 0.5) is 0 Å². The number of thiazole rings is 1. The molecule has 7 heteroatoms. The van der Waals surface area contributed by atoms with Crippen molar-refractivity contribution in [2.75, 3.05) is 5.75 Å². The van der Waals surface area contributed by atoms with Crippen molar-refractivity contribution in [3.63, 3.8) is 0 Å². The van der Waals surface area contributed by atoms with Crippen LogP contribution in [0.2, 0.25) is 0 Å². The number of aromatic nitrogens is 2. The summed E-state index contributed by atoms with van der Waals surface area (Å²) >= 11 is 2.99. The molecule has 4 aliphatic rings. The summed E-state index contributed by atoms with van der Waals surface area (Å²) in [6, 6.07) is 1.84. The third kappa shape index (κ3) is 3.41. The van der Waals surface area contributed by atoms with Crippen LogP contribution in [0.25, 0.3) is 4.96 Å². The Balaban J connectivity index is 1.16. The summed E-state index contributed by atoms with van der Waals surface area (Å²) in [5, 5.41) is 5.18. The van der Waals surface area contributed by atoms with E-state index in [2.05, 4.69) is 17.2 Å². The van der Waals surface area contributed by atoms with E-state index in [0.29, 0.717) is 21.9 Å². The number of amides is 1. The quantitative estimate of drug-likeness (QED) is 0.778. The third-order valence-electron chi connectivity index (χ3n) is 7.22.